The van der Waals surface area contributed by atoms with Crippen molar-refractivity contribution >= 4 is 0 Å². The number of rotatable bonds is 8. The van der Waals surface area contributed by atoms with E-state index in [1.165, 1.54) is 18.4 Å². The molecule has 1 aromatic carbocycles. The number of hydrogen-bond donors (Lipinski definition) is 1. The van der Waals surface area contributed by atoms with E-state index in [9.17, 15) is 0 Å². The van der Waals surface area contributed by atoms with E-state index in [4.69, 9.17) is 4.74 Å². The molecule has 2 nitrogen and oxygen atoms in total. The van der Waals surface area contributed by atoms with E-state index in [-0.39, 0.29) is 0 Å². The number of hydrogen-bond acceptors (Lipinski definition) is 2. The summed E-state index contributed by atoms with van der Waals surface area (Å²) in [6, 6.07) is 11.6. The van der Waals surface area contributed by atoms with Crippen molar-refractivity contribution in [2.24, 2.45) is 11.8 Å². The molecule has 0 amide bonds. The van der Waals surface area contributed by atoms with Crippen LogP contribution in [0.25, 0.3) is 0 Å². The lowest BCUT2D eigenvalue weighted by molar-refractivity contribution is 0.128. The van der Waals surface area contributed by atoms with Crippen molar-refractivity contribution in [1.82, 2.24) is 5.32 Å². The summed E-state index contributed by atoms with van der Waals surface area (Å²) in [4.78, 5) is 0. The minimum absolute atomic E-state index is 0.599. The first-order chi connectivity index (χ1) is 8.79. The Kier molecular flexibility index (Phi) is 5.21. The number of ether oxygens (including phenoxy) is 1. The Morgan fingerprint density at radius 1 is 1.28 bits per heavy atom. The number of nitrogens with one attached hydrogen (secondary N) is 1. The molecule has 1 N–H and O–H groups in total. The number of methoxy groups -OCH3 is 1. The van der Waals surface area contributed by atoms with E-state index in [1.807, 2.05) is 0 Å². The molecule has 2 atom stereocenters. The molecule has 0 heterocycles. The topological polar surface area (TPSA) is 21.3 Å². The maximum Gasteiger partial charge on any atom is 0.0491 e. The first-order valence-corrected chi connectivity index (χ1v) is 7.06. The minimum Gasteiger partial charge on any atom is -0.384 e. The maximum atomic E-state index is 5.32. The molecule has 0 aliphatic heterocycles. The first kappa shape index (κ1) is 13.6. The van der Waals surface area contributed by atoms with Gasteiger partial charge in [0.1, 0.15) is 0 Å². The standard InChI is InChI=1S/C16H25NO/c1-13(12-18-2)15(11-17-16-8-9-16)10-14-6-4-3-5-7-14/h3-7,13,15-17H,8-12H2,1-2H3. The molecule has 0 saturated heterocycles. The highest BCUT2D eigenvalue weighted by atomic mass is 16.5. The first-order valence-electron chi connectivity index (χ1n) is 7.06. The van der Waals surface area contributed by atoms with Crippen molar-refractivity contribution in [2.45, 2.75) is 32.2 Å². The molecule has 1 saturated carbocycles. The Morgan fingerprint density at radius 2 is 2.00 bits per heavy atom. The molecule has 0 spiro atoms. The zero-order valence-electron chi connectivity index (χ0n) is 11.6. The van der Waals surface area contributed by atoms with Crippen LogP contribution in [0.1, 0.15) is 25.3 Å². The zero-order valence-corrected chi connectivity index (χ0v) is 11.6. The third-order valence-corrected chi connectivity index (χ3v) is 3.82. The lowest BCUT2D eigenvalue weighted by Gasteiger charge is -2.24. The van der Waals surface area contributed by atoms with Gasteiger partial charge in [-0.1, -0.05) is 37.3 Å². The van der Waals surface area contributed by atoms with Gasteiger partial charge in [0.05, 0.1) is 0 Å². The SMILES string of the molecule is COCC(C)C(CNC1CC1)Cc1ccccc1. The second kappa shape index (κ2) is 6.91. The lowest BCUT2D eigenvalue weighted by Crippen LogP contribution is -2.31. The van der Waals surface area contributed by atoms with E-state index >= 15 is 0 Å². The minimum atomic E-state index is 0.599. The Balaban J connectivity index is 1.89. The summed E-state index contributed by atoms with van der Waals surface area (Å²) in [5, 5.41) is 3.66. The predicted octanol–water partition coefficient (Wildman–Crippen LogP) is 2.88. The van der Waals surface area contributed by atoms with Gasteiger partial charge in [0, 0.05) is 19.8 Å². The molecule has 2 rings (SSSR count). The summed E-state index contributed by atoms with van der Waals surface area (Å²) in [5.41, 5.74) is 1.43. The van der Waals surface area contributed by atoms with Gasteiger partial charge in [-0.15, -0.1) is 0 Å². The van der Waals surface area contributed by atoms with Gasteiger partial charge in [0.2, 0.25) is 0 Å². The fourth-order valence-electron chi connectivity index (χ4n) is 2.40. The van der Waals surface area contributed by atoms with E-state index < -0.39 is 0 Å². The summed E-state index contributed by atoms with van der Waals surface area (Å²) in [6.45, 7) is 4.26. The largest absolute Gasteiger partial charge is 0.384 e. The lowest BCUT2D eigenvalue weighted by atomic mass is 9.88. The van der Waals surface area contributed by atoms with E-state index in [0.29, 0.717) is 11.8 Å². The third kappa shape index (κ3) is 4.43. The summed E-state index contributed by atoms with van der Waals surface area (Å²) >= 11 is 0. The Bertz CT molecular complexity index is 334. The van der Waals surface area contributed by atoms with Gasteiger partial charge in [0.25, 0.3) is 0 Å². The molecular weight excluding hydrogens is 222 g/mol. The van der Waals surface area contributed by atoms with E-state index in [2.05, 4.69) is 42.6 Å². The van der Waals surface area contributed by atoms with Crippen LogP contribution in [-0.2, 0) is 11.2 Å². The van der Waals surface area contributed by atoms with Crippen LogP contribution < -0.4 is 5.32 Å². The normalized spacial score (nSPS) is 18.6. The van der Waals surface area contributed by atoms with Crippen molar-refractivity contribution < 1.29 is 4.74 Å². The molecular formula is C16H25NO. The van der Waals surface area contributed by atoms with Crippen molar-refractivity contribution in [3.8, 4) is 0 Å². The summed E-state index contributed by atoms with van der Waals surface area (Å²) in [6.07, 6.45) is 3.86. The van der Waals surface area contributed by atoms with Gasteiger partial charge in [-0.3, -0.25) is 0 Å². The van der Waals surface area contributed by atoms with Crippen LogP contribution in [0.3, 0.4) is 0 Å². The van der Waals surface area contributed by atoms with Crippen LogP contribution in [0.5, 0.6) is 0 Å². The van der Waals surface area contributed by atoms with Gasteiger partial charge >= 0.3 is 0 Å². The van der Waals surface area contributed by atoms with Crippen LogP contribution in [0.4, 0.5) is 0 Å². The van der Waals surface area contributed by atoms with Crippen molar-refractivity contribution in [3.63, 3.8) is 0 Å². The molecule has 100 valence electrons. The van der Waals surface area contributed by atoms with Crippen LogP contribution >= 0.6 is 0 Å². The average molecular weight is 247 g/mol. The van der Waals surface area contributed by atoms with Crippen LogP contribution in [0.15, 0.2) is 30.3 Å². The molecule has 1 fully saturated rings. The van der Waals surface area contributed by atoms with Crippen LogP contribution in [0, 0.1) is 11.8 Å². The zero-order chi connectivity index (χ0) is 12.8. The summed E-state index contributed by atoms with van der Waals surface area (Å²) < 4.78 is 5.32. The second-order valence-electron chi connectivity index (χ2n) is 5.56. The fourth-order valence-corrected chi connectivity index (χ4v) is 2.40. The third-order valence-electron chi connectivity index (χ3n) is 3.82. The maximum absolute atomic E-state index is 5.32. The average Bonchev–Trinajstić information content (AvgIpc) is 3.20. The summed E-state index contributed by atoms with van der Waals surface area (Å²) in [7, 11) is 1.80. The van der Waals surface area contributed by atoms with Gasteiger partial charge in [-0.05, 0) is 43.2 Å². The molecule has 0 aromatic heterocycles. The predicted molar refractivity (Wildman–Crippen MR) is 75.7 cm³/mol. The van der Waals surface area contributed by atoms with Gasteiger partial charge < -0.3 is 10.1 Å². The van der Waals surface area contributed by atoms with Gasteiger partial charge in [-0.2, -0.15) is 0 Å². The highest BCUT2D eigenvalue weighted by Crippen LogP contribution is 2.22. The van der Waals surface area contributed by atoms with Crippen molar-refractivity contribution in [1.29, 1.82) is 0 Å². The molecule has 1 aliphatic carbocycles. The smallest absolute Gasteiger partial charge is 0.0491 e. The fraction of sp³-hybridized carbons (Fsp3) is 0.625. The Hall–Kier alpha value is -0.860. The highest BCUT2D eigenvalue weighted by molar-refractivity contribution is 5.15. The van der Waals surface area contributed by atoms with Crippen molar-refractivity contribution in [3.05, 3.63) is 35.9 Å². The van der Waals surface area contributed by atoms with Gasteiger partial charge in [-0.25, -0.2) is 0 Å². The van der Waals surface area contributed by atoms with Crippen LogP contribution in [-0.4, -0.2) is 26.3 Å². The molecule has 2 unspecified atom stereocenters. The number of benzene rings is 1. The molecule has 2 heteroatoms. The quantitative estimate of drug-likeness (QED) is 0.762. The Morgan fingerprint density at radius 3 is 2.61 bits per heavy atom. The molecule has 18 heavy (non-hydrogen) atoms. The molecule has 0 bridgehead atoms. The molecule has 1 aliphatic rings. The second-order valence-corrected chi connectivity index (χ2v) is 5.56. The van der Waals surface area contributed by atoms with Crippen molar-refractivity contribution in [2.75, 3.05) is 20.3 Å². The monoisotopic (exact) mass is 247 g/mol. The van der Waals surface area contributed by atoms with E-state index in [0.717, 1.165) is 25.6 Å². The highest BCUT2D eigenvalue weighted by Gasteiger charge is 2.24. The van der Waals surface area contributed by atoms with E-state index in [1.54, 1.807) is 7.11 Å². The van der Waals surface area contributed by atoms with Crippen LogP contribution in [0.2, 0.25) is 0 Å². The van der Waals surface area contributed by atoms with Gasteiger partial charge in [0.15, 0.2) is 0 Å². The molecule has 0 radical (unpaired) electrons. The molecule has 1 aromatic rings. The Labute approximate surface area is 111 Å². The summed E-state index contributed by atoms with van der Waals surface area (Å²) in [5.74, 6) is 1.26.